The molecule has 26 heavy (non-hydrogen) atoms. The van der Waals surface area contributed by atoms with E-state index >= 15 is 0 Å². The van der Waals surface area contributed by atoms with Gasteiger partial charge in [-0.25, -0.2) is 17.9 Å². The molecule has 8 heteroatoms. The second-order valence-corrected chi connectivity index (χ2v) is 7.30. The highest BCUT2D eigenvalue weighted by molar-refractivity contribution is 7.89. The summed E-state index contributed by atoms with van der Waals surface area (Å²) < 4.78 is 30.4. The summed E-state index contributed by atoms with van der Waals surface area (Å²) in [5.41, 5.74) is 1.87. The fraction of sp³-hybridized carbons (Fsp3) is 0.222. The highest BCUT2D eigenvalue weighted by Crippen LogP contribution is 2.12. The third-order valence-corrected chi connectivity index (χ3v) is 5.05. The second-order valence-electron chi connectivity index (χ2n) is 5.41. The molecule has 0 aliphatic rings. The zero-order valence-corrected chi connectivity index (χ0v) is 15.3. The van der Waals surface area contributed by atoms with Crippen molar-refractivity contribution in [1.29, 1.82) is 0 Å². The molecule has 0 heterocycles. The molecular weight excluding hydrogens is 356 g/mol. The van der Waals surface area contributed by atoms with Crippen LogP contribution in [0.2, 0.25) is 0 Å². The lowest BCUT2D eigenvalue weighted by Crippen LogP contribution is -2.21. The standard InChI is InChI=1S/C18H20N2O5S/c1-3-13-5-4-6-15(11-13)20-17(21)12-25-18(22)14-7-9-16(10-8-14)26(23,24)19-2/h4-11,19H,3,12H2,1-2H3,(H,20,21). The summed E-state index contributed by atoms with van der Waals surface area (Å²) in [5.74, 6) is -1.17. The molecule has 7 nitrogen and oxygen atoms in total. The molecule has 0 aliphatic heterocycles. The van der Waals surface area contributed by atoms with Gasteiger partial charge in [-0.15, -0.1) is 0 Å². The Hall–Kier alpha value is -2.71. The van der Waals surface area contributed by atoms with Crippen LogP contribution in [0.3, 0.4) is 0 Å². The van der Waals surface area contributed by atoms with Gasteiger partial charge in [-0.05, 0) is 55.4 Å². The van der Waals surface area contributed by atoms with Crippen LogP contribution in [-0.4, -0.2) is 33.9 Å². The summed E-state index contributed by atoms with van der Waals surface area (Å²) in [6.45, 7) is 1.57. The summed E-state index contributed by atoms with van der Waals surface area (Å²) in [4.78, 5) is 23.9. The minimum absolute atomic E-state index is 0.0325. The number of rotatable bonds is 7. The maximum Gasteiger partial charge on any atom is 0.338 e. The fourth-order valence-electron chi connectivity index (χ4n) is 2.17. The van der Waals surface area contributed by atoms with Gasteiger partial charge >= 0.3 is 5.97 Å². The number of amides is 1. The van der Waals surface area contributed by atoms with Gasteiger partial charge in [0.25, 0.3) is 5.91 Å². The van der Waals surface area contributed by atoms with E-state index in [-0.39, 0.29) is 10.5 Å². The van der Waals surface area contributed by atoms with E-state index in [1.165, 1.54) is 31.3 Å². The van der Waals surface area contributed by atoms with Gasteiger partial charge in [0.15, 0.2) is 6.61 Å². The number of hydrogen-bond acceptors (Lipinski definition) is 5. The first-order valence-corrected chi connectivity index (χ1v) is 9.43. The number of carbonyl (C=O) groups excluding carboxylic acids is 2. The Morgan fingerprint density at radius 2 is 1.77 bits per heavy atom. The lowest BCUT2D eigenvalue weighted by Gasteiger charge is -2.08. The molecule has 0 spiro atoms. The molecule has 0 atom stereocenters. The van der Waals surface area contributed by atoms with Crippen molar-refractivity contribution >= 4 is 27.6 Å². The van der Waals surface area contributed by atoms with E-state index in [2.05, 4.69) is 10.0 Å². The highest BCUT2D eigenvalue weighted by atomic mass is 32.2. The molecule has 1 amide bonds. The van der Waals surface area contributed by atoms with Crippen molar-refractivity contribution < 1.29 is 22.7 Å². The van der Waals surface area contributed by atoms with Crippen molar-refractivity contribution in [2.24, 2.45) is 0 Å². The molecule has 0 radical (unpaired) electrons. The van der Waals surface area contributed by atoms with Crippen LogP contribution in [-0.2, 0) is 26.0 Å². The summed E-state index contributed by atoms with van der Waals surface area (Å²) in [5, 5.41) is 2.66. The average molecular weight is 376 g/mol. The number of ether oxygens (including phenoxy) is 1. The molecule has 2 N–H and O–H groups in total. The van der Waals surface area contributed by atoms with Gasteiger partial charge in [0.1, 0.15) is 0 Å². The van der Waals surface area contributed by atoms with E-state index in [1.54, 1.807) is 6.07 Å². The third-order valence-electron chi connectivity index (χ3n) is 3.62. The number of nitrogens with one attached hydrogen (secondary N) is 2. The molecule has 0 bridgehead atoms. The van der Waals surface area contributed by atoms with Crippen LogP contribution in [0.5, 0.6) is 0 Å². The molecule has 2 aromatic rings. The summed E-state index contributed by atoms with van der Waals surface area (Å²) >= 11 is 0. The zero-order valence-electron chi connectivity index (χ0n) is 14.5. The molecule has 0 saturated carbocycles. The highest BCUT2D eigenvalue weighted by Gasteiger charge is 2.14. The predicted octanol–water partition coefficient (Wildman–Crippen LogP) is 1.95. The van der Waals surface area contributed by atoms with Gasteiger partial charge in [0, 0.05) is 5.69 Å². The number of aryl methyl sites for hydroxylation is 1. The Bertz CT molecular complexity index is 892. The SMILES string of the molecule is CCc1cccc(NC(=O)COC(=O)c2ccc(S(=O)(=O)NC)cc2)c1. The second kappa shape index (κ2) is 8.59. The monoisotopic (exact) mass is 376 g/mol. The number of sulfonamides is 1. The van der Waals surface area contributed by atoms with Crippen molar-refractivity contribution in [3.8, 4) is 0 Å². The Morgan fingerprint density at radius 1 is 1.08 bits per heavy atom. The minimum Gasteiger partial charge on any atom is -0.452 e. The molecule has 2 rings (SSSR count). The summed E-state index contributed by atoms with van der Waals surface area (Å²) in [6.07, 6.45) is 0.845. The van der Waals surface area contributed by atoms with Crippen LogP contribution in [0.1, 0.15) is 22.8 Å². The minimum atomic E-state index is -3.57. The van der Waals surface area contributed by atoms with Crippen LogP contribution in [0.25, 0.3) is 0 Å². The quantitative estimate of drug-likeness (QED) is 0.719. The smallest absolute Gasteiger partial charge is 0.338 e. The van der Waals surface area contributed by atoms with Crippen LogP contribution in [0.4, 0.5) is 5.69 Å². The number of carbonyl (C=O) groups is 2. The van der Waals surface area contributed by atoms with Crippen LogP contribution >= 0.6 is 0 Å². The molecule has 0 aliphatic carbocycles. The van der Waals surface area contributed by atoms with Gasteiger partial charge in [0.05, 0.1) is 10.5 Å². The van der Waals surface area contributed by atoms with Crippen LogP contribution in [0.15, 0.2) is 53.4 Å². The lowest BCUT2D eigenvalue weighted by atomic mass is 10.1. The number of benzene rings is 2. The first-order valence-electron chi connectivity index (χ1n) is 7.95. The Balaban J connectivity index is 1.92. The molecule has 2 aromatic carbocycles. The van der Waals surface area contributed by atoms with Gasteiger partial charge < -0.3 is 10.1 Å². The van der Waals surface area contributed by atoms with E-state index in [4.69, 9.17) is 4.74 Å². The molecule has 0 unspecified atom stereocenters. The first-order chi connectivity index (χ1) is 12.4. The van der Waals surface area contributed by atoms with E-state index < -0.39 is 28.5 Å². The van der Waals surface area contributed by atoms with Crippen molar-refractivity contribution in [2.45, 2.75) is 18.2 Å². The Labute approximate surface area is 152 Å². The van der Waals surface area contributed by atoms with Gasteiger partial charge in [-0.1, -0.05) is 19.1 Å². The largest absolute Gasteiger partial charge is 0.452 e. The molecule has 0 aromatic heterocycles. The maximum atomic E-state index is 12.0. The van der Waals surface area contributed by atoms with Gasteiger partial charge in [-0.2, -0.15) is 0 Å². The van der Waals surface area contributed by atoms with Crippen molar-refractivity contribution in [3.63, 3.8) is 0 Å². The average Bonchev–Trinajstić information content (AvgIpc) is 2.66. The van der Waals surface area contributed by atoms with Crippen molar-refractivity contribution in [3.05, 3.63) is 59.7 Å². The fourth-order valence-corrected chi connectivity index (χ4v) is 2.90. The number of esters is 1. The predicted molar refractivity (Wildman–Crippen MR) is 97.4 cm³/mol. The van der Waals surface area contributed by atoms with E-state index in [1.807, 2.05) is 25.1 Å². The molecule has 0 fully saturated rings. The Kier molecular flexibility index (Phi) is 6.48. The molecule has 138 valence electrons. The number of anilines is 1. The number of hydrogen-bond donors (Lipinski definition) is 2. The summed E-state index contributed by atoms with van der Waals surface area (Å²) in [6, 6.07) is 12.6. The molecule has 0 saturated heterocycles. The van der Waals surface area contributed by atoms with Gasteiger partial charge in [-0.3, -0.25) is 4.79 Å². The van der Waals surface area contributed by atoms with E-state index in [9.17, 15) is 18.0 Å². The topological polar surface area (TPSA) is 102 Å². The zero-order chi connectivity index (χ0) is 19.2. The Morgan fingerprint density at radius 3 is 2.38 bits per heavy atom. The van der Waals surface area contributed by atoms with E-state index in [0.29, 0.717) is 5.69 Å². The van der Waals surface area contributed by atoms with Crippen LogP contribution < -0.4 is 10.0 Å². The molecular formula is C18H20N2O5S. The van der Waals surface area contributed by atoms with Gasteiger partial charge in [0.2, 0.25) is 10.0 Å². The maximum absolute atomic E-state index is 12.0. The third kappa shape index (κ3) is 5.14. The normalized spacial score (nSPS) is 11.0. The van der Waals surface area contributed by atoms with Crippen LogP contribution in [0, 0.1) is 0 Å². The lowest BCUT2D eigenvalue weighted by molar-refractivity contribution is -0.119. The van der Waals surface area contributed by atoms with E-state index in [0.717, 1.165) is 12.0 Å². The van der Waals surface area contributed by atoms with Crippen molar-refractivity contribution in [1.82, 2.24) is 4.72 Å². The first kappa shape index (κ1) is 19.6. The summed E-state index contributed by atoms with van der Waals surface area (Å²) in [7, 11) is -2.28. The van der Waals surface area contributed by atoms with Crippen molar-refractivity contribution in [2.75, 3.05) is 19.0 Å².